The van der Waals surface area contributed by atoms with Crippen molar-refractivity contribution in [1.82, 2.24) is 5.32 Å². The maximum Gasteiger partial charge on any atom is 0.0991 e. The first kappa shape index (κ1) is 15.0. The number of hydrogen-bond acceptors (Lipinski definition) is 3. The topological polar surface area (TPSA) is 45.0 Å². The molecule has 0 amide bonds. The maximum absolute atomic E-state index is 9.02. The van der Waals surface area contributed by atoms with Gasteiger partial charge in [-0.2, -0.15) is 5.26 Å². The number of ether oxygens (including phenoxy) is 1. The van der Waals surface area contributed by atoms with Crippen LogP contribution in [0.3, 0.4) is 0 Å². The van der Waals surface area contributed by atoms with E-state index < -0.39 is 0 Å². The van der Waals surface area contributed by atoms with Gasteiger partial charge in [-0.25, -0.2) is 0 Å². The highest BCUT2D eigenvalue weighted by molar-refractivity contribution is 5.39. The minimum Gasteiger partial charge on any atom is -0.380 e. The highest BCUT2D eigenvalue weighted by atomic mass is 16.5. The van der Waals surface area contributed by atoms with Crippen LogP contribution in [-0.2, 0) is 11.2 Å². The molecule has 0 bridgehead atoms. The Balaban J connectivity index is 1.92. The first-order chi connectivity index (χ1) is 9.54. The van der Waals surface area contributed by atoms with E-state index in [4.69, 9.17) is 10.00 Å². The predicted molar refractivity (Wildman–Crippen MR) is 80.7 cm³/mol. The second-order valence-corrected chi connectivity index (χ2v) is 6.40. The third kappa shape index (κ3) is 3.59. The highest BCUT2D eigenvalue weighted by Crippen LogP contribution is 2.23. The molecule has 1 aliphatic rings. The molecular formula is C17H24N2O. The van der Waals surface area contributed by atoms with Gasteiger partial charge < -0.3 is 10.1 Å². The molecule has 1 N–H and O–H groups in total. The summed E-state index contributed by atoms with van der Waals surface area (Å²) in [4.78, 5) is 0. The molecule has 108 valence electrons. The lowest BCUT2D eigenvalue weighted by Crippen LogP contribution is -2.54. The maximum atomic E-state index is 9.02. The monoisotopic (exact) mass is 272 g/mol. The Kier molecular flexibility index (Phi) is 4.80. The van der Waals surface area contributed by atoms with Gasteiger partial charge >= 0.3 is 0 Å². The van der Waals surface area contributed by atoms with E-state index in [0.717, 1.165) is 38.3 Å². The summed E-state index contributed by atoms with van der Waals surface area (Å²) in [6, 6.07) is 8.21. The van der Waals surface area contributed by atoms with Crippen molar-refractivity contribution in [3.63, 3.8) is 0 Å². The van der Waals surface area contributed by atoms with Gasteiger partial charge in [0.15, 0.2) is 0 Å². The molecule has 1 aromatic rings. The minimum atomic E-state index is 0.315. The summed E-state index contributed by atoms with van der Waals surface area (Å²) in [7, 11) is 0. The van der Waals surface area contributed by atoms with Crippen LogP contribution < -0.4 is 5.32 Å². The first-order valence-corrected chi connectivity index (χ1v) is 7.35. The zero-order valence-electron chi connectivity index (χ0n) is 12.7. The van der Waals surface area contributed by atoms with Crippen LogP contribution in [0, 0.1) is 16.7 Å². The zero-order valence-corrected chi connectivity index (χ0v) is 12.7. The average Bonchev–Trinajstić information content (AvgIpc) is 2.41. The molecule has 0 atom stereocenters. The van der Waals surface area contributed by atoms with Crippen molar-refractivity contribution in [2.45, 2.75) is 33.1 Å². The summed E-state index contributed by atoms with van der Waals surface area (Å²) in [6.45, 7) is 10.3. The van der Waals surface area contributed by atoms with Gasteiger partial charge in [0.05, 0.1) is 24.8 Å². The fourth-order valence-electron chi connectivity index (χ4n) is 2.61. The Bertz CT molecular complexity index is 498. The van der Waals surface area contributed by atoms with E-state index in [-0.39, 0.29) is 0 Å². The zero-order chi connectivity index (χ0) is 14.6. The molecule has 1 saturated heterocycles. The van der Waals surface area contributed by atoms with Crippen molar-refractivity contribution in [2.75, 3.05) is 26.3 Å². The Morgan fingerprint density at radius 3 is 2.70 bits per heavy atom. The van der Waals surface area contributed by atoms with Crippen LogP contribution in [0.5, 0.6) is 0 Å². The van der Waals surface area contributed by atoms with Crippen molar-refractivity contribution in [1.29, 1.82) is 5.26 Å². The third-order valence-corrected chi connectivity index (χ3v) is 3.96. The van der Waals surface area contributed by atoms with Crippen LogP contribution in [0.1, 0.15) is 43.4 Å². The highest BCUT2D eigenvalue weighted by Gasteiger charge is 2.31. The van der Waals surface area contributed by atoms with Gasteiger partial charge in [0, 0.05) is 18.5 Å². The van der Waals surface area contributed by atoms with E-state index >= 15 is 0 Å². The summed E-state index contributed by atoms with van der Waals surface area (Å²) < 4.78 is 5.83. The smallest absolute Gasteiger partial charge is 0.0991 e. The molecule has 0 radical (unpaired) electrons. The van der Waals surface area contributed by atoms with Crippen molar-refractivity contribution in [2.24, 2.45) is 5.41 Å². The van der Waals surface area contributed by atoms with Crippen LogP contribution in [0.2, 0.25) is 0 Å². The van der Waals surface area contributed by atoms with Crippen LogP contribution in [0.25, 0.3) is 0 Å². The minimum absolute atomic E-state index is 0.315. The van der Waals surface area contributed by atoms with Gasteiger partial charge in [-0.1, -0.05) is 26.8 Å². The molecule has 1 aromatic carbocycles. The van der Waals surface area contributed by atoms with Crippen molar-refractivity contribution in [3.8, 4) is 6.07 Å². The summed E-state index contributed by atoms with van der Waals surface area (Å²) in [6.07, 6.45) is 0.881. The molecular weight excluding hydrogens is 248 g/mol. The van der Waals surface area contributed by atoms with E-state index in [9.17, 15) is 0 Å². The number of nitrogens with zero attached hydrogens (tertiary/aromatic N) is 1. The van der Waals surface area contributed by atoms with E-state index in [2.05, 4.69) is 38.2 Å². The molecule has 0 aromatic heterocycles. The van der Waals surface area contributed by atoms with Crippen LogP contribution in [0.4, 0.5) is 0 Å². The van der Waals surface area contributed by atoms with E-state index in [1.165, 1.54) is 11.1 Å². The fraction of sp³-hybridized carbons (Fsp3) is 0.588. The van der Waals surface area contributed by atoms with Crippen LogP contribution in [0.15, 0.2) is 18.2 Å². The van der Waals surface area contributed by atoms with Crippen LogP contribution >= 0.6 is 0 Å². The molecule has 2 rings (SSSR count). The van der Waals surface area contributed by atoms with Crippen molar-refractivity contribution < 1.29 is 4.74 Å². The largest absolute Gasteiger partial charge is 0.380 e. The van der Waals surface area contributed by atoms with E-state index in [1.807, 2.05) is 12.1 Å². The molecule has 0 spiro atoms. The number of nitriles is 1. The molecule has 3 heteroatoms. The normalized spacial score (nSPS) is 16.8. The predicted octanol–water partition coefficient (Wildman–Crippen LogP) is 2.85. The van der Waals surface area contributed by atoms with Crippen LogP contribution in [-0.4, -0.2) is 26.3 Å². The standard InChI is InChI=1S/C17H24N2O/c1-13(2)16-5-4-14(9-18)8-15(16)6-7-20-12-17(3)10-19-11-17/h4-5,8,13,19H,6-7,10-12H2,1-3H3. The molecule has 20 heavy (non-hydrogen) atoms. The molecule has 3 nitrogen and oxygen atoms in total. The molecule has 0 unspecified atom stereocenters. The lowest BCUT2D eigenvalue weighted by Gasteiger charge is -2.38. The summed E-state index contributed by atoms with van der Waals surface area (Å²) >= 11 is 0. The number of rotatable bonds is 6. The van der Waals surface area contributed by atoms with Gasteiger partial charge in [-0.15, -0.1) is 0 Å². The molecule has 1 heterocycles. The molecule has 0 aliphatic carbocycles. The molecule has 0 saturated carbocycles. The fourth-order valence-corrected chi connectivity index (χ4v) is 2.61. The van der Waals surface area contributed by atoms with Gasteiger partial charge in [0.25, 0.3) is 0 Å². The summed E-state index contributed by atoms with van der Waals surface area (Å²) in [5.74, 6) is 0.478. The lowest BCUT2D eigenvalue weighted by molar-refractivity contribution is 0.0240. The van der Waals surface area contributed by atoms with Gasteiger partial charge in [-0.05, 0) is 35.6 Å². The van der Waals surface area contributed by atoms with Gasteiger partial charge in [-0.3, -0.25) is 0 Å². The van der Waals surface area contributed by atoms with E-state index in [0.29, 0.717) is 11.3 Å². The number of benzene rings is 1. The van der Waals surface area contributed by atoms with Gasteiger partial charge in [0.2, 0.25) is 0 Å². The summed E-state index contributed by atoms with van der Waals surface area (Å²) in [5, 5.41) is 12.3. The Hall–Kier alpha value is -1.37. The second-order valence-electron chi connectivity index (χ2n) is 6.40. The SMILES string of the molecule is CC(C)c1ccc(C#N)cc1CCOCC1(C)CNC1. The van der Waals surface area contributed by atoms with Crippen molar-refractivity contribution >= 4 is 0 Å². The first-order valence-electron chi connectivity index (χ1n) is 7.35. The van der Waals surface area contributed by atoms with Crippen molar-refractivity contribution in [3.05, 3.63) is 34.9 Å². The Morgan fingerprint density at radius 1 is 1.40 bits per heavy atom. The quantitative estimate of drug-likeness (QED) is 0.810. The Morgan fingerprint density at radius 2 is 2.15 bits per heavy atom. The number of nitrogens with one attached hydrogen (secondary N) is 1. The van der Waals surface area contributed by atoms with Gasteiger partial charge in [0.1, 0.15) is 0 Å². The molecule has 1 aliphatic heterocycles. The molecule has 1 fully saturated rings. The average molecular weight is 272 g/mol. The van der Waals surface area contributed by atoms with E-state index in [1.54, 1.807) is 0 Å². The summed E-state index contributed by atoms with van der Waals surface area (Å²) in [5.41, 5.74) is 3.62. The number of hydrogen-bond donors (Lipinski definition) is 1. The second kappa shape index (κ2) is 6.39. The Labute approximate surface area is 121 Å². The lowest BCUT2D eigenvalue weighted by atomic mass is 9.85. The third-order valence-electron chi connectivity index (χ3n) is 3.96.